The number of β-amino-alcohol motifs (C(OH)–C–C–N with tert-alkyl or cyclic N) is 1. The minimum absolute atomic E-state index is 0.00302. The van der Waals surface area contributed by atoms with Gasteiger partial charge in [-0.05, 0) is 12.8 Å². The quantitative estimate of drug-likeness (QED) is 0.550. The molecule has 2 heterocycles. The number of carbonyl (C=O) groups excluding carboxylic acids is 2. The van der Waals surface area contributed by atoms with E-state index in [4.69, 9.17) is 10.8 Å². The molecule has 8 nitrogen and oxygen atoms in total. The summed E-state index contributed by atoms with van der Waals surface area (Å²) in [7, 11) is 0. The van der Waals surface area contributed by atoms with Crippen LogP contribution in [0.15, 0.2) is 0 Å². The molecule has 0 spiro atoms. The van der Waals surface area contributed by atoms with Gasteiger partial charge in [0.25, 0.3) is 0 Å². The van der Waals surface area contributed by atoms with Crippen LogP contribution in [0.1, 0.15) is 19.3 Å². The number of nitrogens with zero attached hydrogens (tertiary/aromatic N) is 2. The standard InChI is InChI=1S/C12H19N3O5/c13-5-10(17)14-3-1-2-8(14)11(18)15-6-7(16)4-9(15)12(19)20/h7-9,16H,1-6,13H2,(H,19,20)/t7?,8-,9-/m1/s1. The molecule has 0 aromatic rings. The number of nitrogens with two attached hydrogens (primary N) is 1. The van der Waals surface area contributed by atoms with Gasteiger partial charge in [-0.25, -0.2) is 4.79 Å². The topological polar surface area (TPSA) is 124 Å². The average Bonchev–Trinajstić information content (AvgIpc) is 3.03. The zero-order chi connectivity index (χ0) is 14.9. The monoisotopic (exact) mass is 285 g/mol. The third kappa shape index (κ3) is 2.61. The third-order valence-corrected chi connectivity index (χ3v) is 3.88. The largest absolute Gasteiger partial charge is 0.480 e. The van der Waals surface area contributed by atoms with Crippen molar-refractivity contribution in [2.75, 3.05) is 19.6 Å². The Balaban J connectivity index is 2.13. The molecule has 0 saturated carbocycles. The molecule has 0 aromatic heterocycles. The van der Waals surface area contributed by atoms with Crippen molar-refractivity contribution in [1.29, 1.82) is 0 Å². The molecule has 2 amide bonds. The molecule has 0 aromatic carbocycles. The molecule has 8 heteroatoms. The van der Waals surface area contributed by atoms with E-state index in [1.165, 1.54) is 9.80 Å². The molecule has 1 unspecified atom stereocenters. The molecule has 2 rings (SSSR count). The Kier molecular flexibility index (Phi) is 4.24. The number of rotatable bonds is 3. The van der Waals surface area contributed by atoms with Gasteiger partial charge in [0, 0.05) is 19.5 Å². The summed E-state index contributed by atoms with van der Waals surface area (Å²) in [5, 5.41) is 18.7. The van der Waals surface area contributed by atoms with Gasteiger partial charge in [0.05, 0.1) is 12.6 Å². The first-order chi connectivity index (χ1) is 9.45. The number of aliphatic hydroxyl groups is 1. The highest BCUT2D eigenvalue weighted by atomic mass is 16.4. The first-order valence-electron chi connectivity index (χ1n) is 6.66. The van der Waals surface area contributed by atoms with Gasteiger partial charge in [0.1, 0.15) is 12.1 Å². The number of amides is 2. The van der Waals surface area contributed by atoms with Gasteiger partial charge in [-0.1, -0.05) is 0 Å². The van der Waals surface area contributed by atoms with Crippen LogP contribution in [0.5, 0.6) is 0 Å². The molecule has 2 fully saturated rings. The molecular weight excluding hydrogens is 266 g/mol. The summed E-state index contributed by atoms with van der Waals surface area (Å²) in [6, 6.07) is -1.67. The van der Waals surface area contributed by atoms with Gasteiger partial charge in [-0.3, -0.25) is 9.59 Å². The molecule has 112 valence electrons. The Labute approximate surface area is 116 Å². The molecule has 0 aliphatic carbocycles. The van der Waals surface area contributed by atoms with Crippen LogP contribution in [-0.4, -0.2) is 75.6 Å². The van der Waals surface area contributed by atoms with Crippen molar-refractivity contribution >= 4 is 17.8 Å². The molecular formula is C12H19N3O5. The molecule has 4 N–H and O–H groups in total. The van der Waals surface area contributed by atoms with Crippen molar-refractivity contribution < 1.29 is 24.6 Å². The van der Waals surface area contributed by atoms with Gasteiger partial charge in [0.15, 0.2) is 0 Å². The summed E-state index contributed by atoms with van der Waals surface area (Å²) in [6.45, 7) is 0.284. The van der Waals surface area contributed by atoms with Gasteiger partial charge in [-0.2, -0.15) is 0 Å². The van der Waals surface area contributed by atoms with E-state index in [2.05, 4.69) is 0 Å². The Morgan fingerprint density at radius 2 is 1.90 bits per heavy atom. The molecule has 2 aliphatic heterocycles. The van der Waals surface area contributed by atoms with Gasteiger partial charge in [-0.15, -0.1) is 0 Å². The molecule has 20 heavy (non-hydrogen) atoms. The smallest absolute Gasteiger partial charge is 0.326 e. The zero-order valence-corrected chi connectivity index (χ0v) is 11.1. The van der Waals surface area contributed by atoms with E-state index < -0.39 is 30.1 Å². The second kappa shape index (κ2) is 5.76. The van der Waals surface area contributed by atoms with E-state index in [1.54, 1.807) is 0 Å². The SMILES string of the molecule is NCC(=O)N1CCC[C@@H]1C(=O)N1CC(O)C[C@@H]1C(=O)O. The van der Waals surface area contributed by atoms with Crippen LogP contribution in [0.2, 0.25) is 0 Å². The maximum absolute atomic E-state index is 12.5. The van der Waals surface area contributed by atoms with Crippen LogP contribution in [0.4, 0.5) is 0 Å². The lowest BCUT2D eigenvalue weighted by Gasteiger charge is -2.29. The second-order valence-electron chi connectivity index (χ2n) is 5.18. The predicted molar refractivity (Wildman–Crippen MR) is 67.6 cm³/mol. The van der Waals surface area contributed by atoms with E-state index in [1.807, 2.05) is 0 Å². The third-order valence-electron chi connectivity index (χ3n) is 3.88. The Morgan fingerprint density at radius 1 is 1.20 bits per heavy atom. The minimum Gasteiger partial charge on any atom is -0.480 e. The second-order valence-corrected chi connectivity index (χ2v) is 5.18. The average molecular weight is 285 g/mol. The van der Waals surface area contributed by atoms with Crippen molar-refractivity contribution in [2.45, 2.75) is 37.5 Å². The molecule has 2 aliphatic rings. The highest BCUT2D eigenvalue weighted by Gasteiger charge is 2.44. The van der Waals surface area contributed by atoms with Crippen LogP contribution in [-0.2, 0) is 14.4 Å². The van der Waals surface area contributed by atoms with Crippen LogP contribution < -0.4 is 5.73 Å². The number of carboxylic acid groups (broad SMARTS) is 1. The number of aliphatic hydroxyl groups excluding tert-OH is 1. The predicted octanol–water partition coefficient (Wildman–Crippen LogP) is -2.02. The summed E-state index contributed by atoms with van der Waals surface area (Å²) in [5.41, 5.74) is 5.32. The van der Waals surface area contributed by atoms with Crippen LogP contribution in [0.3, 0.4) is 0 Å². The lowest BCUT2D eigenvalue weighted by atomic mass is 10.1. The van der Waals surface area contributed by atoms with Crippen molar-refractivity contribution in [3.8, 4) is 0 Å². The van der Waals surface area contributed by atoms with Crippen LogP contribution >= 0.6 is 0 Å². The lowest BCUT2D eigenvalue weighted by molar-refractivity contribution is -0.151. The van der Waals surface area contributed by atoms with E-state index >= 15 is 0 Å². The fraction of sp³-hybridized carbons (Fsp3) is 0.750. The van der Waals surface area contributed by atoms with Gasteiger partial charge in [0.2, 0.25) is 11.8 Å². The Morgan fingerprint density at radius 3 is 2.50 bits per heavy atom. The van der Waals surface area contributed by atoms with Gasteiger partial charge >= 0.3 is 5.97 Å². The minimum atomic E-state index is -1.13. The van der Waals surface area contributed by atoms with Crippen LogP contribution in [0.25, 0.3) is 0 Å². The fourth-order valence-corrected chi connectivity index (χ4v) is 2.92. The number of aliphatic carboxylic acids is 1. The number of carboxylic acids is 1. The summed E-state index contributed by atoms with van der Waals surface area (Å²) in [5.74, 6) is -1.86. The van der Waals surface area contributed by atoms with Crippen molar-refractivity contribution in [3.63, 3.8) is 0 Å². The number of hydrogen-bond acceptors (Lipinski definition) is 5. The number of hydrogen-bond donors (Lipinski definition) is 3. The summed E-state index contributed by atoms with van der Waals surface area (Å²) in [4.78, 5) is 37.9. The first kappa shape index (κ1) is 14.7. The molecule has 3 atom stereocenters. The fourth-order valence-electron chi connectivity index (χ4n) is 2.92. The lowest BCUT2D eigenvalue weighted by Crippen LogP contribution is -2.52. The molecule has 0 bridgehead atoms. The van der Waals surface area contributed by atoms with E-state index in [0.29, 0.717) is 19.4 Å². The maximum atomic E-state index is 12.5. The maximum Gasteiger partial charge on any atom is 0.326 e. The zero-order valence-electron chi connectivity index (χ0n) is 11.1. The van der Waals surface area contributed by atoms with Crippen molar-refractivity contribution in [1.82, 2.24) is 9.80 Å². The van der Waals surface area contributed by atoms with Crippen molar-refractivity contribution in [2.24, 2.45) is 5.73 Å². The number of likely N-dealkylation sites (tertiary alicyclic amines) is 2. The van der Waals surface area contributed by atoms with Crippen molar-refractivity contribution in [3.05, 3.63) is 0 Å². The van der Waals surface area contributed by atoms with Gasteiger partial charge < -0.3 is 25.7 Å². The summed E-state index contributed by atoms with van der Waals surface area (Å²) in [6.07, 6.45) is 0.387. The summed E-state index contributed by atoms with van der Waals surface area (Å²) < 4.78 is 0. The Hall–Kier alpha value is -1.67. The first-order valence-corrected chi connectivity index (χ1v) is 6.66. The molecule has 0 radical (unpaired) electrons. The highest BCUT2D eigenvalue weighted by molar-refractivity contribution is 5.91. The summed E-state index contributed by atoms with van der Waals surface area (Å²) >= 11 is 0. The highest BCUT2D eigenvalue weighted by Crippen LogP contribution is 2.25. The number of carbonyl (C=O) groups is 3. The van der Waals surface area contributed by atoms with E-state index in [0.717, 1.165) is 0 Å². The Bertz CT molecular complexity index is 427. The van der Waals surface area contributed by atoms with Crippen LogP contribution in [0, 0.1) is 0 Å². The van der Waals surface area contributed by atoms with E-state index in [-0.39, 0.29) is 25.4 Å². The molecule has 2 saturated heterocycles. The van der Waals surface area contributed by atoms with E-state index in [9.17, 15) is 19.5 Å². The normalized spacial score (nSPS) is 29.8.